The summed E-state index contributed by atoms with van der Waals surface area (Å²) in [4.78, 5) is 7.89. The number of hydrogen-bond acceptors (Lipinski definition) is 3. The number of pyridine rings is 1. The van der Waals surface area contributed by atoms with Crippen molar-refractivity contribution in [1.29, 1.82) is 0 Å². The monoisotopic (exact) mass is 146 g/mol. The highest BCUT2D eigenvalue weighted by molar-refractivity contribution is 5.18. The maximum atomic E-state index is 4.08. The largest absolute Gasteiger partial charge is 0.237 e. The van der Waals surface area contributed by atoms with Crippen LogP contribution in [0.5, 0.6) is 0 Å². The molecule has 0 saturated heterocycles. The third-order valence-electron chi connectivity index (χ3n) is 1.30. The molecule has 0 saturated carbocycles. The number of hydrogen-bond donors (Lipinski definition) is 0. The lowest BCUT2D eigenvalue weighted by molar-refractivity contribution is 0.845. The second kappa shape index (κ2) is 2.49. The van der Waals surface area contributed by atoms with Crippen molar-refractivity contribution in [2.75, 3.05) is 0 Å². The third kappa shape index (κ3) is 1.10. The molecule has 0 unspecified atom stereocenters. The van der Waals surface area contributed by atoms with E-state index in [0.717, 1.165) is 5.82 Å². The van der Waals surface area contributed by atoms with Crippen LogP contribution < -0.4 is 0 Å². The van der Waals surface area contributed by atoms with Crippen LogP contribution in [-0.4, -0.2) is 19.7 Å². The average molecular weight is 146 g/mol. The second-order valence-electron chi connectivity index (χ2n) is 2.03. The molecule has 2 aromatic rings. The molecule has 2 aromatic heterocycles. The van der Waals surface area contributed by atoms with E-state index in [0.29, 0.717) is 0 Å². The maximum absolute atomic E-state index is 4.08. The quantitative estimate of drug-likeness (QED) is 0.593. The van der Waals surface area contributed by atoms with Gasteiger partial charge in [0, 0.05) is 6.20 Å². The van der Waals surface area contributed by atoms with Gasteiger partial charge >= 0.3 is 0 Å². The van der Waals surface area contributed by atoms with Crippen LogP contribution >= 0.6 is 0 Å². The Kier molecular flexibility index (Phi) is 1.37. The molecule has 0 bridgehead atoms. The van der Waals surface area contributed by atoms with Crippen molar-refractivity contribution in [2.24, 2.45) is 0 Å². The van der Waals surface area contributed by atoms with Gasteiger partial charge < -0.3 is 0 Å². The lowest BCUT2D eigenvalue weighted by Crippen LogP contribution is -1.95. The van der Waals surface area contributed by atoms with Crippen LogP contribution in [0.1, 0.15) is 0 Å². The molecule has 0 N–H and O–H groups in total. The Morgan fingerprint density at radius 3 is 2.91 bits per heavy atom. The zero-order valence-electron chi connectivity index (χ0n) is 5.75. The van der Waals surface area contributed by atoms with Crippen LogP contribution in [0.25, 0.3) is 5.82 Å². The van der Waals surface area contributed by atoms with Crippen LogP contribution in [0, 0.1) is 0 Å². The molecule has 11 heavy (non-hydrogen) atoms. The summed E-state index contributed by atoms with van der Waals surface area (Å²) in [6, 6.07) is 5.64. The minimum Gasteiger partial charge on any atom is -0.237 e. The van der Waals surface area contributed by atoms with E-state index in [1.54, 1.807) is 17.2 Å². The Hall–Kier alpha value is -1.71. The van der Waals surface area contributed by atoms with Gasteiger partial charge in [0.1, 0.15) is 12.7 Å². The van der Waals surface area contributed by atoms with Crippen molar-refractivity contribution in [3.05, 3.63) is 37.1 Å². The Morgan fingerprint density at radius 2 is 2.27 bits per heavy atom. The van der Waals surface area contributed by atoms with Gasteiger partial charge in [0.05, 0.1) is 0 Å². The lowest BCUT2D eigenvalue weighted by Gasteiger charge is -1.95. The van der Waals surface area contributed by atoms with Crippen LogP contribution in [0.2, 0.25) is 0 Å². The summed E-state index contributed by atoms with van der Waals surface area (Å²) in [6.45, 7) is 0. The number of aromatic nitrogens is 4. The normalized spacial score (nSPS) is 9.82. The first kappa shape index (κ1) is 6.03. The zero-order valence-corrected chi connectivity index (χ0v) is 5.75. The first-order valence-corrected chi connectivity index (χ1v) is 3.23. The van der Waals surface area contributed by atoms with Crippen molar-refractivity contribution >= 4 is 0 Å². The summed E-state index contributed by atoms with van der Waals surface area (Å²) in [7, 11) is 0. The van der Waals surface area contributed by atoms with Gasteiger partial charge in [0.15, 0.2) is 5.82 Å². The third-order valence-corrected chi connectivity index (χ3v) is 1.30. The van der Waals surface area contributed by atoms with Gasteiger partial charge in [-0.3, -0.25) is 0 Å². The van der Waals surface area contributed by atoms with Gasteiger partial charge in [-0.15, -0.1) is 0 Å². The van der Waals surface area contributed by atoms with Crippen LogP contribution in [0.3, 0.4) is 0 Å². The highest BCUT2D eigenvalue weighted by Gasteiger charge is 1.93. The van der Waals surface area contributed by atoms with Crippen LogP contribution in [0.4, 0.5) is 0 Å². The van der Waals surface area contributed by atoms with Crippen molar-refractivity contribution in [3.63, 3.8) is 0 Å². The smallest absolute Gasteiger partial charge is 0.155 e. The molecule has 2 rings (SSSR count). The number of rotatable bonds is 1. The summed E-state index contributed by atoms with van der Waals surface area (Å²) in [6.07, 6.45) is 4.81. The SMILES string of the molecule is c1ccc(-n2cncn2)nc1. The van der Waals surface area contributed by atoms with Crippen LogP contribution in [0.15, 0.2) is 37.1 Å². The minimum absolute atomic E-state index is 0.782. The molecular formula is C7H6N4. The van der Waals surface area contributed by atoms with Crippen molar-refractivity contribution in [3.8, 4) is 5.82 Å². The molecule has 0 amide bonds. The molecule has 4 nitrogen and oxygen atoms in total. The summed E-state index contributed by atoms with van der Waals surface area (Å²) in [5.41, 5.74) is 0. The van der Waals surface area contributed by atoms with Gasteiger partial charge in [0.25, 0.3) is 0 Å². The Morgan fingerprint density at radius 1 is 1.27 bits per heavy atom. The zero-order chi connectivity index (χ0) is 7.52. The van der Waals surface area contributed by atoms with Crippen molar-refractivity contribution in [1.82, 2.24) is 19.7 Å². The van der Waals surface area contributed by atoms with E-state index in [-0.39, 0.29) is 0 Å². The van der Waals surface area contributed by atoms with E-state index in [4.69, 9.17) is 0 Å². The molecule has 0 radical (unpaired) electrons. The molecule has 0 aliphatic heterocycles. The van der Waals surface area contributed by atoms with E-state index in [9.17, 15) is 0 Å². The molecule has 0 atom stereocenters. The van der Waals surface area contributed by atoms with E-state index in [1.165, 1.54) is 6.33 Å². The van der Waals surface area contributed by atoms with Crippen molar-refractivity contribution in [2.45, 2.75) is 0 Å². The van der Waals surface area contributed by atoms with E-state index in [1.807, 2.05) is 18.2 Å². The highest BCUT2D eigenvalue weighted by atomic mass is 15.3. The molecule has 0 aromatic carbocycles. The van der Waals surface area contributed by atoms with Gasteiger partial charge in [-0.2, -0.15) is 5.10 Å². The molecule has 0 fully saturated rings. The lowest BCUT2D eigenvalue weighted by atomic mass is 10.5. The summed E-state index contributed by atoms with van der Waals surface area (Å²) < 4.78 is 1.61. The van der Waals surface area contributed by atoms with Gasteiger partial charge in [-0.05, 0) is 12.1 Å². The van der Waals surface area contributed by atoms with E-state index < -0.39 is 0 Å². The van der Waals surface area contributed by atoms with Gasteiger partial charge in [0.2, 0.25) is 0 Å². The second-order valence-corrected chi connectivity index (χ2v) is 2.03. The Bertz CT molecular complexity index is 313. The Labute approximate surface area is 63.5 Å². The predicted octanol–water partition coefficient (Wildman–Crippen LogP) is 0.662. The minimum atomic E-state index is 0.782. The van der Waals surface area contributed by atoms with E-state index in [2.05, 4.69) is 15.1 Å². The average Bonchev–Trinajstić information content (AvgIpc) is 2.58. The molecule has 0 aliphatic carbocycles. The standard InChI is InChI=1S/C7H6N4/c1-2-4-9-7(3-1)11-6-8-5-10-11/h1-6H. The topological polar surface area (TPSA) is 43.6 Å². The summed E-state index contributed by atoms with van der Waals surface area (Å²) in [5.74, 6) is 0.782. The first-order chi connectivity index (χ1) is 5.47. The molecule has 0 spiro atoms. The number of nitrogens with zero attached hydrogens (tertiary/aromatic N) is 4. The maximum Gasteiger partial charge on any atom is 0.155 e. The summed E-state index contributed by atoms with van der Waals surface area (Å²) >= 11 is 0. The first-order valence-electron chi connectivity index (χ1n) is 3.23. The van der Waals surface area contributed by atoms with Gasteiger partial charge in [-0.25, -0.2) is 14.6 Å². The molecule has 54 valence electrons. The Balaban J connectivity index is 2.46. The summed E-state index contributed by atoms with van der Waals surface area (Å²) in [5, 5.41) is 3.93. The predicted molar refractivity (Wildman–Crippen MR) is 39.2 cm³/mol. The van der Waals surface area contributed by atoms with E-state index >= 15 is 0 Å². The highest BCUT2D eigenvalue weighted by Crippen LogP contribution is 1.97. The fraction of sp³-hybridized carbons (Fsp3) is 0. The molecule has 0 aliphatic rings. The van der Waals surface area contributed by atoms with Crippen LogP contribution in [-0.2, 0) is 0 Å². The molecule has 4 heteroatoms. The fourth-order valence-corrected chi connectivity index (χ4v) is 0.816. The molecule has 2 heterocycles. The van der Waals surface area contributed by atoms with Gasteiger partial charge in [-0.1, -0.05) is 6.07 Å². The fourth-order valence-electron chi connectivity index (χ4n) is 0.816. The van der Waals surface area contributed by atoms with Crippen molar-refractivity contribution < 1.29 is 0 Å². The molecular weight excluding hydrogens is 140 g/mol.